The second kappa shape index (κ2) is 34.1. The minimum absolute atomic E-state index is 0.0502. The molecule has 0 bridgehead atoms. The van der Waals surface area contributed by atoms with Gasteiger partial charge in [-0.05, 0) is 44.9 Å². The molecule has 0 aromatic heterocycles. The number of unbranched alkanes of at least 4 members (excludes halogenated alkanes) is 19. The zero-order valence-corrected chi connectivity index (χ0v) is 28.0. The third kappa shape index (κ3) is 30.1. The molecule has 4 nitrogen and oxygen atoms in total. The van der Waals surface area contributed by atoms with Crippen molar-refractivity contribution in [2.24, 2.45) is 0 Å². The number of rotatable bonds is 32. The van der Waals surface area contributed by atoms with Crippen molar-refractivity contribution < 1.29 is 15.0 Å². The Labute approximate surface area is 261 Å². The number of hydrogen-bond donors (Lipinski definition) is 3. The van der Waals surface area contributed by atoms with Gasteiger partial charge in [0.25, 0.3) is 0 Å². The van der Waals surface area contributed by atoms with E-state index >= 15 is 0 Å². The van der Waals surface area contributed by atoms with Crippen LogP contribution in [0.4, 0.5) is 0 Å². The fourth-order valence-electron chi connectivity index (χ4n) is 5.37. The van der Waals surface area contributed by atoms with Crippen LogP contribution >= 0.6 is 0 Å². The summed E-state index contributed by atoms with van der Waals surface area (Å²) in [5.74, 6) is -0.0502. The largest absolute Gasteiger partial charge is 0.394 e. The second-order valence-electron chi connectivity index (χ2n) is 12.3. The van der Waals surface area contributed by atoms with Crippen LogP contribution in [0, 0.1) is 0 Å². The molecule has 0 saturated carbocycles. The number of amides is 1. The van der Waals surface area contributed by atoms with E-state index in [0.717, 1.165) is 57.8 Å². The highest BCUT2D eigenvalue weighted by Gasteiger charge is 2.19. The average Bonchev–Trinajstić information content (AvgIpc) is 2.99. The van der Waals surface area contributed by atoms with Crippen LogP contribution in [-0.2, 0) is 4.79 Å². The molecule has 0 aromatic rings. The molecule has 0 fully saturated rings. The number of allylic oxidation sites excluding steroid dienone is 6. The lowest BCUT2D eigenvalue weighted by Crippen LogP contribution is -2.45. The van der Waals surface area contributed by atoms with Crippen molar-refractivity contribution in [1.82, 2.24) is 5.32 Å². The van der Waals surface area contributed by atoms with Gasteiger partial charge in [0, 0.05) is 6.42 Å². The average molecular weight is 590 g/mol. The van der Waals surface area contributed by atoms with Crippen LogP contribution in [0.2, 0.25) is 0 Å². The van der Waals surface area contributed by atoms with Crippen molar-refractivity contribution in [3.63, 3.8) is 0 Å². The Morgan fingerprint density at radius 3 is 1.57 bits per heavy atom. The van der Waals surface area contributed by atoms with Crippen molar-refractivity contribution in [2.45, 2.75) is 193 Å². The standard InChI is InChI=1S/C38H71NO3/c1-3-5-7-9-11-13-15-17-19-21-23-25-27-29-31-33-37(41)36(35-40)39-38(42)34-32-30-28-26-24-22-20-18-16-14-12-10-8-6-4-2/h6,8,12,14,18,20,36-37,40-41H,3-5,7,9-11,13,15-17,19,21-35H2,1-2H3,(H,39,42)/b8-6-,14-12-,20-18-. The molecule has 0 heterocycles. The number of nitrogens with one attached hydrogen (secondary N) is 1. The molecule has 2 unspecified atom stereocenters. The molecule has 0 rings (SSSR count). The van der Waals surface area contributed by atoms with Crippen LogP contribution in [0.1, 0.15) is 181 Å². The maximum atomic E-state index is 12.3. The molecular weight excluding hydrogens is 518 g/mol. The first-order valence-electron chi connectivity index (χ1n) is 18.2. The monoisotopic (exact) mass is 590 g/mol. The summed E-state index contributed by atoms with van der Waals surface area (Å²) in [6.45, 7) is 4.23. The Kier molecular flexibility index (Phi) is 33.0. The lowest BCUT2D eigenvalue weighted by atomic mass is 10.0. The molecule has 0 aliphatic carbocycles. The Balaban J connectivity index is 3.60. The number of aliphatic hydroxyl groups is 2. The first kappa shape index (κ1) is 40.6. The summed E-state index contributed by atoms with van der Waals surface area (Å²) < 4.78 is 0. The van der Waals surface area contributed by atoms with Crippen molar-refractivity contribution in [1.29, 1.82) is 0 Å². The summed E-state index contributed by atoms with van der Waals surface area (Å²) >= 11 is 0. The fraction of sp³-hybridized carbons (Fsp3) is 0.816. The van der Waals surface area contributed by atoms with Gasteiger partial charge in [0.15, 0.2) is 0 Å². The molecule has 0 aliphatic rings. The lowest BCUT2D eigenvalue weighted by Gasteiger charge is -2.22. The summed E-state index contributed by atoms with van der Waals surface area (Å²) in [4.78, 5) is 12.3. The quantitative estimate of drug-likeness (QED) is 0.0540. The van der Waals surface area contributed by atoms with E-state index in [1.54, 1.807) is 0 Å². The van der Waals surface area contributed by atoms with Crippen molar-refractivity contribution >= 4 is 5.91 Å². The summed E-state index contributed by atoms with van der Waals surface area (Å²) in [6.07, 6.45) is 43.4. The number of aliphatic hydroxyl groups excluding tert-OH is 2. The summed E-state index contributed by atoms with van der Waals surface area (Å²) in [6, 6.07) is -0.543. The van der Waals surface area contributed by atoms with Crippen LogP contribution in [-0.4, -0.2) is 34.9 Å². The smallest absolute Gasteiger partial charge is 0.220 e. The third-order valence-corrected chi connectivity index (χ3v) is 8.17. The van der Waals surface area contributed by atoms with Crippen LogP contribution in [0.5, 0.6) is 0 Å². The first-order chi connectivity index (χ1) is 20.7. The van der Waals surface area contributed by atoms with Gasteiger partial charge in [-0.1, -0.05) is 166 Å². The molecule has 2 atom stereocenters. The molecule has 0 spiro atoms. The Hall–Kier alpha value is -1.39. The van der Waals surface area contributed by atoms with E-state index in [1.807, 2.05) is 0 Å². The van der Waals surface area contributed by atoms with Gasteiger partial charge in [-0.3, -0.25) is 4.79 Å². The molecule has 0 aliphatic heterocycles. The van der Waals surface area contributed by atoms with E-state index < -0.39 is 12.1 Å². The van der Waals surface area contributed by atoms with E-state index in [0.29, 0.717) is 12.8 Å². The predicted molar refractivity (Wildman–Crippen MR) is 184 cm³/mol. The second-order valence-corrected chi connectivity index (χ2v) is 12.3. The van der Waals surface area contributed by atoms with Crippen LogP contribution in [0.25, 0.3) is 0 Å². The number of carbonyl (C=O) groups excluding carboxylic acids is 1. The van der Waals surface area contributed by atoms with Crippen LogP contribution in [0.3, 0.4) is 0 Å². The molecule has 0 saturated heterocycles. The Morgan fingerprint density at radius 2 is 1.05 bits per heavy atom. The topological polar surface area (TPSA) is 69.6 Å². The molecule has 246 valence electrons. The molecule has 42 heavy (non-hydrogen) atoms. The van der Waals surface area contributed by atoms with Gasteiger partial charge in [-0.25, -0.2) is 0 Å². The first-order valence-corrected chi connectivity index (χ1v) is 18.2. The van der Waals surface area contributed by atoms with E-state index in [4.69, 9.17) is 0 Å². The van der Waals surface area contributed by atoms with E-state index in [9.17, 15) is 15.0 Å². The van der Waals surface area contributed by atoms with Crippen LogP contribution in [0.15, 0.2) is 36.5 Å². The highest BCUT2D eigenvalue weighted by Crippen LogP contribution is 2.15. The maximum absolute atomic E-state index is 12.3. The Morgan fingerprint density at radius 1 is 0.595 bits per heavy atom. The minimum atomic E-state index is -0.664. The minimum Gasteiger partial charge on any atom is -0.394 e. The fourth-order valence-corrected chi connectivity index (χ4v) is 5.37. The number of hydrogen-bond acceptors (Lipinski definition) is 3. The van der Waals surface area contributed by atoms with Crippen LogP contribution < -0.4 is 5.32 Å². The highest BCUT2D eigenvalue weighted by atomic mass is 16.3. The normalized spacial score (nSPS) is 13.5. The van der Waals surface area contributed by atoms with Gasteiger partial charge >= 0.3 is 0 Å². The molecule has 0 aromatic carbocycles. The maximum Gasteiger partial charge on any atom is 0.220 e. The highest BCUT2D eigenvalue weighted by molar-refractivity contribution is 5.76. The molecule has 1 amide bonds. The lowest BCUT2D eigenvalue weighted by molar-refractivity contribution is -0.123. The predicted octanol–water partition coefficient (Wildman–Crippen LogP) is 10.7. The molecule has 3 N–H and O–H groups in total. The number of carbonyl (C=O) groups is 1. The van der Waals surface area contributed by atoms with Crippen molar-refractivity contribution in [3.8, 4) is 0 Å². The van der Waals surface area contributed by atoms with Gasteiger partial charge in [-0.2, -0.15) is 0 Å². The van der Waals surface area contributed by atoms with E-state index in [1.165, 1.54) is 96.3 Å². The summed E-state index contributed by atoms with van der Waals surface area (Å²) in [5, 5.41) is 23.0. The zero-order chi connectivity index (χ0) is 30.8. The van der Waals surface area contributed by atoms with Crippen molar-refractivity contribution in [2.75, 3.05) is 6.61 Å². The van der Waals surface area contributed by atoms with E-state index in [2.05, 4.69) is 55.6 Å². The third-order valence-electron chi connectivity index (χ3n) is 8.17. The van der Waals surface area contributed by atoms with Gasteiger partial charge in [0.1, 0.15) is 0 Å². The van der Waals surface area contributed by atoms with Crippen molar-refractivity contribution in [3.05, 3.63) is 36.5 Å². The Bertz CT molecular complexity index is 642. The van der Waals surface area contributed by atoms with E-state index in [-0.39, 0.29) is 12.5 Å². The SMILES string of the molecule is CC/C=C\C/C=C\C/C=C\CCCCCCCC(=O)NC(CO)C(O)CCCCCCCCCCCCCCCCC. The molecular formula is C38H71NO3. The molecule has 0 radical (unpaired) electrons. The van der Waals surface area contributed by atoms with Gasteiger partial charge < -0.3 is 15.5 Å². The van der Waals surface area contributed by atoms with Gasteiger partial charge in [0.05, 0.1) is 18.8 Å². The van der Waals surface area contributed by atoms with Gasteiger partial charge in [-0.15, -0.1) is 0 Å². The zero-order valence-electron chi connectivity index (χ0n) is 28.0. The molecule has 4 heteroatoms. The summed E-state index contributed by atoms with van der Waals surface area (Å²) in [5.41, 5.74) is 0. The van der Waals surface area contributed by atoms with Gasteiger partial charge in [0.2, 0.25) is 5.91 Å². The summed E-state index contributed by atoms with van der Waals surface area (Å²) in [7, 11) is 0.